The lowest BCUT2D eigenvalue weighted by atomic mass is 10.1. The van der Waals surface area contributed by atoms with Crippen LogP contribution in [0.4, 0.5) is 8.78 Å². The molecule has 1 aliphatic carbocycles. The van der Waals surface area contributed by atoms with Crippen molar-refractivity contribution in [2.75, 3.05) is 0 Å². The molecule has 2 aromatic rings. The Morgan fingerprint density at radius 1 is 1.36 bits per heavy atom. The molecule has 1 N–H and O–H groups in total. The first-order valence-corrected chi connectivity index (χ1v) is 9.08. The topological polar surface area (TPSA) is 46.9 Å². The molecule has 0 radical (unpaired) electrons. The van der Waals surface area contributed by atoms with Gasteiger partial charge in [-0.05, 0) is 38.0 Å². The maximum atomic E-state index is 14.4. The fourth-order valence-corrected chi connectivity index (χ4v) is 3.60. The summed E-state index contributed by atoms with van der Waals surface area (Å²) >= 11 is 1.05. The minimum atomic E-state index is -0.509. The van der Waals surface area contributed by atoms with Gasteiger partial charge in [0.05, 0.1) is 26.8 Å². The Labute approximate surface area is 148 Å². The van der Waals surface area contributed by atoms with E-state index in [9.17, 15) is 13.6 Å². The molecule has 2 aromatic heterocycles. The van der Waals surface area contributed by atoms with Crippen LogP contribution in [0.5, 0.6) is 0 Å². The van der Waals surface area contributed by atoms with Crippen molar-refractivity contribution < 1.29 is 13.6 Å². The van der Waals surface area contributed by atoms with E-state index in [4.69, 9.17) is 0 Å². The van der Waals surface area contributed by atoms with Crippen molar-refractivity contribution in [2.24, 2.45) is 0 Å². The number of nitrogens with one attached hydrogen (secondary N) is 1. The molecule has 25 heavy (non-hydrogen) atoms. The number of carbonyl (C=O) groups is 1. The van der Waals surface area contributed by atoms with Crippen LogP contribution < -0.4 is 5.32 Å². The lowest BCUT2D eigenvalue weighted by Gasteiger charge is -2.10. The summed E-state index contributed by atoms with van der Waals surface area (Å²) in [7, 11) is 0. The van der Waals surface area contributed by atoms with Crippen molar-refractivity contribution in [3.63, 3.8) is 0 Å². The molecule has 2 heterocycles. The molecule has 0 bridgehead atoms. The third-order valence-electron chi connectivity index (χ3n) is 3.99. The number of aromatic nitrogens is 2. The monoisotopic (exact) mass is 363 g/mol. The first-order valence-electron chi connectivity index (χ1n) is 8.26. The SMILES string of the molecule is CCc1cc(-c2sc(C(=O)NC3=C(F)CCC=C3)cc2F)n(CC)n1. The quantitative estimate of drug-likeness (QED) is 0.844. The molecule has 0 fully saturated rings. The van der Waals surface area contributed by atoms with Crippen molar-refractivity contribution in [3.8, 4) is 10.6 Å². The lowest BCUT2D eigenvalue weighted by Crippen LogP contribution is -2.22. The van der Waals surface area contributed by atoms with Gasteiger partial charge in [0.25, 0.3) is 5.91 Å². The highest BCUT2D eigenvalue weighted by Crippen LogP contribution is 2.33. The molecule has 132 valence electrons. The number of rotatable bonds is 5. The smallest absolute Gasteiger partial charge is 0.265 e. The van der Waals surface area contributed by atoms with Crippen LogP contribution in [0.1, 0.15) is 42.1 Å². The van der Waals surface area contributed by atoms with Gasteiger partial charge in [0.15, 0.2) is 0 Å². The summed E-state index contributed by atoms with van der Waals surface area (Å²) in [5.41, 5.74) is 1.68. The van der Waals surface area contributed by atoms with Crippen LogP contribution in [0, 0.1) is 5.82 Å². The molecule has 0 aromatic carbocycles. The molecule has 0 atom stereocenters. The molecule has 0 saturated heterocycles. The van der Waals surface area contributed by atoms with Crippen molar-refractivity contribution in [2.45, 2.75) is 39.7 Å². The summed E-state index contributed by atoms with van der Waals surface area (Å²) in [5.74, 6) is -1.34. The number of halogens is 2. The third-order valence-corrected chi connectivity index (χ3v) is 5.12. The average molecular weight is 363 g/mol. The Morgan fingerprint density at radius 3 is 2.84 bits per heavy atom. The largest absolute Gasteiger partial charge is 0.319 e. The van der Waals surface area contributed by atoms with Gasteiger partial charge >= 0.3 is 0 Å². The molecule has 0 unspecified atom stereocenters. The van der Waals surface area contributed by atoms with Crippen LogP contribution in [0.2, 0.25) is 0 Å². The molecule has 0 spiro atoms. The van der Waals surface area contributed by atoms with Crippen LogP contribution >= 0.6 is 11.3 Å². The minimum absolute atomic E-state index is 0.151. The van der Waals surface area contributed by atoms with Gasteiger partial charge in [-0.15, -0.1) is 11.3 Å². The molecule has 3 rings (SSSR count). The van der Waals surface area contributed by atoms with Gasteiger partial charge in [0, 0.05) is 13.0 Å². The number of nitrogens with zero attached hydrogens (tertiary/aromatic N) is 2. The van der Waals surface area contributed by atoms with Crippen molar-refractivity contribution >= 4 is 17.2 Å². The van der Waals surface area contributed by atoms with E-state index < -0.39 is 11.7 Å². The summed E-state index contributed by atoms with van der Waals surface area (Å²) in [5, 5.41) is 6.93. The first-order chi connectivity index (χ1) is 12.0. The fraction of sp³-hybridized carbons (Fsp3) is 0.333. The highest BCUT2D eigenvalue weighted by molar-refractivity contribution is 7.17. The number of hydrogen-bond donors (Lipinski definition) is 1. The summed E-state index contributed by atoms with van der Waals surface area (Å²) < 4.78 is 29.9. The highest BCUT2D eigenvalue weighted by atomic mass is 32.1. The Morgan fingerprint density at radius 2 is 2.16 bits per heavy atom. The number of carbonyl (C=O) groups excluding carboxylic acids is 1. The average Bonchev–Trinajstić information content (AvgIpc) is 3.19. The minimum Gasteiger partial charge on any atom is -0.319 e. The molecule has 0 aliphatic heterocycles. The number of hydrogen-bond acceptors (Lipinski definition) is 3. The number of aryl methyl sites for hydroxylation is 2. The normalized spacial score (nSPS) is 14.2. The van der Waals surface area contributed by atoms with Crippen molar-refractivity contribution in [3.05, 3.63) is 52.2 Å². The van der Waals surface area contributed by atoms with Crippen molar-refractivity contribution in [1.29, 1.82) is 0 Å². The van der Waals surface area contributed by atoms with E-state index >= 15 is 0 Å². The fourth-order valence-electron chi connectivity index (χ4n) is 2.65. The van der Waals surface area contributed by atoms with Crippen molar-refractivity contribution in [1.82, 2.24) is 15.1 Å². The van der Waals surface area contributed by atoms with E-state index in [-0.39, 0.29) is 22.8 Å². The van der Waals surface area contributed by atoms with Gasteiger partial charge < -0.3 is 5.32 Å². The highest BCUT2D eigenvalue weighted by Gasteiger charge is 2.21. The van der Waals surface area contributed by atoms with Gasteiger partial charge in [-0.2, -0.15) is 5.10 Å². The molecule has 1 aliphatic rings. The Bertz CT molecular complexity index is 864. The predicted molar refractivity (Wildman–Crippen MR) is 94.5 cm³/mol. The molecule has 4 nitrogen and oxygen atoms in total. The maximum absolute atomic E-state index is 14.4. The van der Waals surface area contributed by atoms with Crippen LogP contribution in [0.3, 0.4) is 0 Å². The van der Waals surface area contributed by atoms with Crippen LogP contribution in [-0.2, 0) is 13.0 Å². The van der Waals surface area contributed by atoms with Gasteiger partial charge in [0.1, 0.15) is 11.6 Å². The summed E-state index contributed by atoms with van der Waals surface area (Å²) in [6, 6.07) is 3.03. The Hall–Kier alpha value is -2.28. The number of allylic oxidation sites excluding steroid dienone is 3. The summed E-state index contributed by atoms with van der Waals surface area (Å²) in [6.45, 7) is 4.52. The van der Waals surface area contributed by atoms with Crippen LogP contribution in [0.25, 0.3) is 10.6 Å². The molecular weight excluding hydrogens is 344 g/mol. The van der Waals surface area contributed by atoms with Gasteiger partial charge in [0.2, 0.25) is 0 Å². The van der Waals surface area contributed by atoms with Crippen LogP contribution in [-0.4, -0.2) is 15.7 Å². The predicted octanol–water partition coefficient (Wildman–Crippen LogP) is 4.59. The van der Waals surface area contributed by atoms with E-state index in [0.29, 0.717) is 23.5 Å². The number of thiophene rings is 1. The zero-order valence-electron chi connectivity index (χ0n) is 14.1. The second-order valence-corrected chi connectivity index (χ2v) is 6.74. The summed E-state index contributed by atoms with van der Waals surface area (Å²) in [6.07, 6.45) is 4.97. The summed E-state index contributed by atoms with van der Waals surface area (Å²) in [4.78, 5) is 12.9. The van der Waals surface area contributed by atoms with E-state index in [1.807, 2.05) is 19.9 Å². The molecule has 0 saturated carbocycles. The first kappa shape index (κ1) is 17.5. The van der Waals surface area contributed by atoms with E-state index in [1.54, 1.807) is 16.8 Å². The molecule has 1 amide bonds. The van der Waals surface area contributed by atoms with Gasteiger partial charge in [-0.25, -0.2) is 8.78 Å². The zero-order chi connectivity index (χ0) is 18.0. The standard InChI is InChI=1S/C18H19F2N3OS/c1-3-11-9-15(23(4-2)22-11)17-13(20)10-16(25-17)18(24)21-14-8-6-5-7-12(14)19/h6,8-10H,3-5,7H2,1-2H3,(H,21,24). The van der Waals surface area contributed by atoms with Gasteiger partial charge in [-0.1, -0.05) is 13.0 Å². The van der Waals surface area contributed by atoms with Crippen LogP contribution in [0.15, 0.2) is 35.8 Å². The second kappa shape index (κ2) is 7.31. The number of amides is 1. The van der Waals surface area contributed by atoms with Gasteiger partial charge in [-0.3, -0.25) is 9.48 Å². The van der Waals surface area contributed by atoms with E-state index in [0.717, 1.165) is 23.5 Å². The second-order valence-electron chi connectivity index (χ2n) is 5.69. The molecule has 7 heteroatoms. The Kier molecular flexibility index (Phi) is 5.13. The van der Waals surface area contributed by atoms with E-state index in [2.05, 4.69) is 10.4 Å². The molecular formula is C18H19F2N3OS. The lowest BCUT2D eigenvalue weighted by molar-refractivity contribution is 0.0969. The maximum Gasteiger partial charge on any atom is 0.265 e. The Balaban J connectivity index is 1.89. The van der Waals surface area contributed by atoms with E-state index in [1.165, 1.54) is 6.07 Å². The zero-order valence-corrected chi connectivity index (χ0v) is 14.9. The third kappa shape index (κ3) is 3.56.